The molecule has 0 spiro atoms. The number of nitro benzene ring substituents is 2. The molecule has 134 valence electrons. The maximum absolute atomic E-state index is 11.2. The Bertz CT molecular complexity index is 1160. The lowest BCUT2D eigenvalue weighted by molar-refractivity contribution is -0.393. The number of phenolic OH excluding ortho intramolecular Hbond substituents is 1. The van der Waals surface area contributed by atoms with E-state index in [-0.39, 0.29) is 17.1 Å². The molecule has 0 fully saturated rings. The number of phenols is 1. The van der Waals surface area contributed by atoms with Gasteiger partial charge in [-0.25, -0.2) is 0 Å². The molecule has 0 bridgehead atoms. The molecule has 0 atom stereocenters. The summed E-state index contributed by atoms with van der Waals surface area (Å²) < 4.78 is 0. The zero-order valence-electron chi connectivity index (χ0n) is 13.4. The summed E-state index contributed by atoms with van der Waals surface area (Å²) in [6.07, 6.45) is 0. The van der Waals surface area contributed by atoms with Gasteiger partial charge in [0.15, 0.2) is 0 Å². The Morgan fingerprint density at radius 1 is 1.04 bits per heavy atom. The highest BCUT2D eigenvalue weighted by atomic mass is 32.2. The molecule has 0 aromatic heterocycles. The Kier molecular flexibility index (Phi) is 3.89. The summed E-state index contributed by atoms with van der Waals surface area (Å²) in [5, 5.41) is 38.5. The molecule has 27 heavy (non-hydrogen) atoms. The molecule has 0 amide bonds. The van der Waals surface area contributed by atoms with Crippen molar-refractivity contribution in [3.05, 3.63) is 74.3 Å². The molecule has 1 heterocycles. The molecule has 0 saturated heterocycles. The first-order valence-corrected chi connectivity index (χ1v) is 8.47. The first kappa shape index (κ1) is 16.8. The van der Waals surface area contributed by atoms with Crippen molar-refractivity contribution in [1.29, 1.82) is 0 Å². The van der Waals surface area contributed by atoms with E-state index in [4.69, 9.17) is 0 Å². The molecule has 9 nitrogen and oxygen atoms in total. The normalized spacial score (nSPS) is 13.9. The van der Waals surface area contributed by atoms with Gasteiger partial charge in [0, 0.05) is 27.3 Å². The quantitative estimate of drug-likeness (QED) is 0.509. The number of hydrazone groups is 1. The van der Waals surface area contributed by atoms with E-state index in [0.29, 0.717) is 10.4 Å². The molecule has 1 aliphatic rings. The van der Waals surface area contributed by atoms with E-state index < -0.39 is 15.5 Å². The lowest BCUT2D eigenvalue weighted by Crippen LogP contribution is -2.01. The van der Waals surface area contributed by atoms with Gasteiger partial charge in [-0.1, -0.05) is 23.9 Å². The number of nitro groups is 2. The summed E-state index contributed by atoms with van der Waals surface area (Å²) in [5.74, 6) is 0.163. The molecule has 0 saturated carbocycles. The molecular formula is C17H10N4O5S. The number of nitrogens with one attached hydrogen (secondary N) is 1. The van der Waals surface area contributed by atoms with E-state index in [0.717, 1.165) is 21.9 Å². The largest absolute Gasteiger partial charge is 0.507 e. The smallest absolute Gasteiger partial charge is 0.301 e. The minimum atomic E-state index is -0.704. The molecule has 1 aliphatic heterocycles. The van der Waals surface area contributed by atoms with Crippen LogP contribution in [0.1, 0.15) is 5.56 Å². The van der Waals surface area contributed by atoms with Gasteiger partial charge in [-0.05, 0) is 24.3 Å². The Labute approximate surface area is 155 Å². The van der Waals surface area contributed by atoms with Crippen molar-refractivity contribution in [2.24, 2.45) is 5.10 Å². The summed E-state index contributed by atoms with van der Waals surface area (Å²) in [7, 11) is 0. The molecule has 2 N–H and O–H groups in total. The number of thioether (sulfide) groups is 1. The summed E-state index contributed by atoms with van der Waals surface area (Å²) in [4.78, 5) is 21.6. The number of non-ortho nitro benzene ring substituents is 1. The van der Waals surface area contributed by atoms with Gasteiger partial charge in [0.05, 0.1) is 15.9 Å². The van der Waals surface area contributed by atoms with Gasteiger partial charge in [-0.2, -0.15) is 5.10 Å². The van der Waals surface area contributed by atoms with Gasteiger partial charge in [-0.3, -0.25) is 25.7 Å². The second-order valence-corrected chi connectivity index (χ2v) is 6.69. The summed E-state index contributed by atoms with van der Waals surface area (Å²) >= 11 is 1.36. The van der Waals surface area contributed by atoms with Crippen LogP contribution in [0, 0.1) is 20.2 Å². The van der Waals surface area contributed by atoms with Crippen LogP contribution in [0.2, 0.25) is 0 Å². The highest BCUT2D eigenvalue weighted by Crippen LogP contribution is 2.43. The molecule has 3 aromatic carbocycles. The lowest BCUT2D eigenvalue weighted by Gasteiger charge is -2.04. The Hall–Kier alpha value is -3.66. The lowest BCUT2D eigenvalue weighted by atomic mass is 10.0. The first-order valence-electron chi connectivity index (χ1n) is 7.65. The molecule has 3 aromatic rings. The molecule has 10 heteroatoms. The molecule has 4 rings (SSSR count). The van der Waals surface area contributed by atoms with Crippen LogP contribution in [0.4, 0.5) is 17.1 Å². The maximum Gasteiger partial charge on any atom is 0.301 e. The van der Waals surface area contributed by atoms with Crippen LogP contribution in [0.15, 0.2) is 58.5 Å². The summed E-state index contributed by atoms with van der Waals surface area (Å²) in [5.41, 5.74) is 2.66. The maximum atomic E-state index is 11.2. The van der Waals surface area contributed by atoms with Crippen molar-refractivity contribution in [3.8, 4) is 5.75 Å². The number of nitrogens with zero attached hydrogens (tertiary/aromatic N) is 3. The summed E-state index contributed by atoms with van der Waals surface area (Å²) in [6.45, 7) is 0. The average Bonchev–Trinajstić information content (AvgIpc) is 3.01. The zero-order chi connectivity index (χ0) is 19.1. The Morgan fingerprint density at radius 2 is 1.85 bits per heavy atom. The van der Waals surface area contributed by atoms with Crippen molar-refractivity contribution in [2.45, 2.75) is 4.90 Å². The van der Waals surface area contributed by atoms with Crippen LogP contribution < -0.4 is 5.43 Å². The van der Waals surface area contributed by atoms with Crippen LogP contribution in [0.25, 0.3) is 10.8 Å². The van der Waals surface area contributed by atoms with E-state index in [2.05, 4.69) is 10.5 Å². The second-order valence-electron chi connectivity index (χ2n) is 5.66. The Balaban J connectivity index is 1.73. The highest BCUT2D eigenvalue weighted by Gasteiger charge is 2.24. The molecule has 0 aliphatic carbocycles. The predicted molar refractivity (Wildman–Crippen MR) is 101 cm³/mol. The van der Waals surface area contributed by atoms with E-state index in [1.165, 1.54) is 23.9 Å². The van der Waals surface area contributed by atoms with Crippen LogP contribution >= 0.6 is 11.8 Å². The first-order chi connectivity index (χ1) is 13.0. The molecule has 0 radical (unpaired) electrons. The third kappa shape index (κ3) is 2.81. The van der Waals surface area contributed by atoms with Gasteiger partial charge in [0.2, 0.25) is 0 Å². The fourth-order valence-corrected chi connectivity index (χ4v) is 3.90. The average molecular weight is 382 g/mol. The predicted octanol–water partition coefficient (Wildman–Crippen LogP) is 4.24. The van der Waals surface area contributed by atoms with Crippen LogP contribution in [-0.2, 0) is 0 Å². The third-order valence-corrected chi connectivity index (χ3v) is 5.15. The SMILES string of the molecule is O=[N+]([O-])c1ccc(NN=C2Sc3cccc4c(O)ccc2c34)c([N+](=O)[O-])c1. The van der Waals surface area contributed by atoms with Gasteiger partial charge < -0.3 is 5.11 Å². The van der Waals surface area contributed by atoms with E-state index in [1.54, 1.807) is 18.2 Å². The second kappa shape index (κ2) is 6.25. The van der Waals surface area contributed by atoms with E-state index >= 15 is 0 Å². The van der Waals surface area contributed by atoms with Crippen molar-refractivity contribution in [1.82, 2.24) is 0 Å². The van der Waals surface area contributed by atoms with Crippen molar-refractivity contribution < 1.29 is 15.0 Å². The van der Waals surface area contributed by atoms with Gasteiger partial charge in [-0.15, -0.1) is 0 Å². The zero-order valence-corrected chi connectivity index (χ0v) is 14.3. The minimum absolute atomic E-state index is 0.0460. The van der Waals surface area contributed by atoms with E-state index in [1.807, 2.05) is 12.1 Å². The van der Waals surface area contributed by atoms with Crippen LogP contribution in [0.3, 0.4) is 0 Å². The highest BCUT2D eigenvalue weighted by molar-refractivity contribution is 8.15. The van der Waals surface area contributed by atoms with Gasteiger partial charge >= 0.3 is 5.69 Å². The standard InChI is InChI=1S/C17H10N4O5S/c22-14-7-5-11-16-10(14)2-1-3-15(16)27-17(11)19-18-12-6-4-9(20(23)24)8-13(12)21(25)26/h1-8,18,22H. The number of anilines is 1. The van der Waals surface area contributed by atoms with Crippen LogP contribution in [-0.4, -0.2) is 20.0 Å². The topological polar surface area (TPSA) is 131 Å². The number of benzene rings is 3. The minimum Gasteiger partial charge on any atom is -0.507 e. The van der Waals surface area contributed by atoms with Crippen molar-refractivity contribution in [2.75, 3.05) is 5.43 Å². The number of rotatable bonds is 4. The van der Waals surface area contributed by atoms with Gasteiger partial charge in [0.1, 0.15) is 16.5 Å². The Morgan fingerprint density at radius 3 is 2.59 bits per heavy atom. The molecule has 0 unspecified atom stereocenters. The van der Waals surface area contributed by atoms with Gasteiger partial charge in [0.25, 0.3) is 5.69 Å². The number of hydrogen-bond acceptors (Lipinski definition) is 8. The third-order valence-electron chi connectivity index (χ3n) is 4.08. The monoisotopic (exact) mass is 382 g/mol. The molecular weight excluding hydrogens is 372 g/mol. The van der Waals surface area contributed by atoms with Crippen molar-refractivity contribution >= 4 is 44.6 Å². The van der Waals surface area contributed by atoms with Crippen molar-refractivity contribution in [3.63, 3.8) is 0 Å². The fraction of sp³-hybridized carbons (Fsp3) is 0. The number of aromatic hydroxyl groups is 1. The summed E-state index contributed by atoms with van der Waals surface area (Å²) in [6, 6.07) is 12.1. The van der Waals surface area contributed by atoms with Crippen LogP contribution in [0.5, 0.6) is 5.75 Å². The van der Waals surface area contributed by atoms with E-state index in [9.17, 15) is 25.3 Å². The fourth-order valence-electron chi connectivity index (χ4n) is 2.85. The number of hydrogen-bond donors (Lipinski definition) is 2.